The van der Waals surface area contributed by atoms with Gasteiger partial charge in [0.25, 0.3) is 0 Å². The number of hydrogen-bond acceptors (Lipinski definition) is 5. The number of nitrogens with one attached hydrogen (secondary N) is 1. The van der Waals surface area contributed by atoms with E-state index in [0.29, 0.717) is 52.9 Å². The van der Waals surface area contributed by atoms with Crippen LogP contribution >= 0.6 is 58.0 Å². The summed E-state index contributed by atoms with van der Waals surface area (Å²) in [5.41, 5.74) is -1.50. The Morgan fingerprint density at radius 1 is 0.481 bits per heavy atom. The standard InChI is InChI=1S/C21H16Cl2F3NO2.C19H12Cl2F3NO2.C14H11ClF3NO2/c1-2-29-20(28)19-17(14-6-8-15(22)9-7-14)11-18(21(24,25)26)27(19)12-13-4-3-5-16(23)10-13;20-13-6-4-12(5-7-13)15-9-16(19(22,23)24)25(17(15)18(26)27)10-11-2-1-3-14(21)8-11;1-2-21-13(20)12-10(7-11(19-12)14(16,17)18)8-3-5-9(15)6-4-8/h3-11H,2,12H2,1H3;1-9H,10H2,(H,26,27);3-7,19H,2H2,1H3. The molecule has 0 saturated heterocycles. The Morgan fingerprint density at radius 3 is 1.22 bits per heavy atom. The SMILES string of the molecule is CCOC(=O)c1[nH]c(C(F)(F)F)cc1-c1ccc(Cl)cc1.CCOC(=O)c1c(-c2ccc(Cl)cc2)cc(C(F)(F)F)n1Cc1cccc(Cl)c1.O=C(O)c1c(-c2ccc(Cl)cc2)cc(C(F)(F)F)n1Cc1cccc(Cl)c1. The largest absolute Gasteiger partial charge is 0.477 e. The molecule has 404 valence electrons. The summed E-state index contributed by atoms with van der Waals surface area (Å²) in [5.74, 6) is -3.13. The summed E-state index contributed by atoms with van der Waals surface area (Å²) in [6.07, 6.45) is -14.0. The van der Waals surface area contributed by atoms with Crippen molar-refractivity contribution in [3.63, 3.8) is 0 Å². The average molecular weight is 1170 g/mol. The number of esters is 2. The van der Waals surface area contributed by atoms with Crippen LogP contribution in [0.3, 0.4) is 0 Å². The predicted molar refractivity (Wildman–Crippen MR) is 276 cm³/mol. The number of carboxylic acid groups (broad SMARTS) is 1. The van der Waals surface area contributed by atoms with Crippen molar-refractivity contribution in [1.29, 1.82) is 0 Å². The topological polar surface area (TPSA) is 116 Å². The van der Waals surface area contributed by atoms with Crippen LogP contribution in [0, 0.1) is 0 Å². The van der Waals surface area contributed by atoms with Gasteiger partial charge in [-0.05, 0) is 121 Å². The molecule has 0 fully saturated rings. The summed E-state index contributed by atoms with van der Waals surface area (Å²) in [6.45, 7) is 2.78. The number of alkyl halides is 9. The minimum absolute atomic E-state index is 0.0303. The van der Waals surface area contributed by atoms with Gasteiger partial charge in [-0.1, -0.05) is 119 Å². The van der Waals surface area contributed by atoms with Crippen molar-refractivity contribution in [2.75, 3.05) is 13.2 Å². The maximum absolute atomic E-state index is 13.8. The Hall–Kier alpha value is -6.83. The lowest BCUT2D eigenvalue weighted by Crippen LogP contribution is -2.19. The average Bonchev–Trinajstić information content (AvgIpc) is 4.17. The number of aromatic amines is 1. The van der Waals surface area contributed by atoms with Crippen LogP contribution in [0.5, 0.6) is 0 Å². The highest BCUT2D eigenvalue weighted by Crippen LogP contribution is 2.40. The molecule has 77 heavy (non-hydrogen) atoms. The molecule has 0 radical (unpaired) electrons. The smallest absolute Gasteiger partial charge is 0.431 e. The van der Waals surface area contributed by atoms with Crippen molar-refractivity contribution >= 4 is 75.9 Å². The van der Waals surface area contributed by atoms with Crippen LogP contribution in [0.4, 0.5) is 39.5 Å². The zero-order chi connectivity index (χ0) is 56.6. The van der Waals surface area contributed by atoms with E-state index in [-0.39, 0.29) is 54.4 Å². The summed E-state index contributed by atoms with van der Waals surface area (Å²) in [7, 11) is 0. The fourth-order valence-corrected chi connectivity index (χ4v) is 8.51. The number of carbonyl (C=O) groups excluding carboxylic acids is 2. The number of benzene rings is 5. The Morgan fingerprint density at radius 2 is 0.857 bits per heavy atom. The molecule has 0 saturated carbocycles. The van der Waals surface area contributed by atoms with E-state index in [2.05, 4.69) is 4.98 Å². The van der Waals surface area contributed by atoms with Crippen molar-refractivity contribution in [2.24, 2.45) is 0 Å². The van der Waals surface area contributed by atoms with Gasteiger partial charge in [-0.25, -0.2) is 14.4 Å². The Balaban J connectivity index is 0.000000190. The third-order valence-electron chi connectivity index (χ3n) is 11.0. The molecule has 0 amide bonds. The van der Waals surface area contributed by atoms with E-state index in [0.717, 1.165) is 27.3 Å². The fourth-order valence-electron chi connectivity index (χ4n) is 7.71. The van der Waals surface area contributed by atoms with Crippen LogP contribution in [0.2, 0.25) is 25.1 Å². The lowest BCUT2D eigenvalue weighted by atomic mass is 10.1. The van der Waals surface area contributed by atoms with E-state index in [1.54, 1.807) is 80.6 Å². The van der Waals surface area contributed by atoms with Gasteiger partial charge in [0.15, 0.2) is 0 Å². The molecule has 8 rings (SSSR count). The summed E-state index contributed by atoms with van der Waals surface area (Å²) >= 11 is 29.3. The number of carbonyl (C=O) groups is 3. The summed E-state index contributed by atoms with van der Waals surface area (Å²) in [5, 5.41) is 11.6. The second-order valence-electron chi connectivity index (χ2n) is 16.2. The minimum Gasteiger partial charge on any atom is -0.477 e. The number of carboxylic acids is 1. The van der Waals surface area contributed by atoms with Crippen LogP contribution in [0.1, 0.15) is 73.5 Å². The van der Waals surface area contributed by atoms with Gasteiger partial charge in [0, 0.05) is 54.9 Å². The number of ether oxygens (including phenoxy) is 2. The molecule has 3 aromatic heterocycles. The Bertz CT molecular complexity index is 3370. The van der Waals surface area contributed by atoms with Crippen LogP contribution < -0.4 is 0 Å². The molecular formula is C54H39Cl5F9N3O6. The van der Waals surface area contributed by atoms with E-state index < -0.39 is 59.2 Å². The van der Waals surface area contributed by atoms with Crippen molar-refractivity contribution in [2.45, 2.75) is 45.5 Å². The Labute approximate surface area is 458 Å². The molecule has 3 heterocycles. The van der Waals surface area contributed by atoms with Crippen LogP contribution in [-0.4, -0.2) is 50.3 Å². The van der Waals surface area contributed by atoms with Crippen molar-refractivity contribution in [1.82, 2.24) is 14.1 Å². The van der Waals surface area contributed by atoms with Crippen molar-refractivity contribution in [3.8, 4) is 33.4 Å². The van der Waals surface area contributed by atoms with E-state index in [9.17, 15) is 59.0 Å². The molecule has 0 bridgehead atoms. The first kappa shape index (κ1) is 59.4. The molecular weight excluding hydrogens is 1130 g/mol. The van der Waals surface area contributed by atoms with Crippen molar-refractivity contribution in [3.05, 3.63) is 210 Å². The quantitative estimate of drug-likeness (QED) is 0.0930. The number of rotatable bonds is 12. The number of hydrogen-bond donors (Lipinski definition) is 2. The molecule has 2 N–H and O–H groups in total. The second-order valence-corrected chi connectivity index (χ2v) is 18.4. The molecule has 23 heteroatoms. The number of halogens is 14. The minimum atomic E-state index is -4.73. The molecule has 0 unspecified atom stereocenters. The highest BCUT2D eigenvalue weighted by molar-refractivity contribution is 6.31. The molecule has 0 spiro atoms. The maximum atomic E-state index is 13.8. The van der Waals surface area contributed by atoms with Gasteiger partial charge in [0.2, 0.25) is 0 Å². The van der Waals surface area contributed by atoms with Gasteiger partial charge in [-0.3, -0.25) is 0 Å². The first-order chi connectivity index (χ1) is 36.2. The Kier molecular flexibility index (Phi) is 19.4. The molecule has 0 aliphatic heterocycles. The first-order valence-corrected chi connectivity index (χ1v) is 24.3. The van der Waals surface area contributed by atoms with Crippen LogP contribution in [-0.2, 0) is 41.1 Å². The molecule has 0 aliphatic carbocycles. The van der Waals surface area contributed by atoms with Crippen molar-refractivity contribution < 1.29 is 68.5 Å². The number of nitrogens with zero attached hydrogens (tertiary/aromatic N) is 2. The highest BCUT2D eigenvalue weighted by Gasteiger charge is 2.40. The van der Waals surface area contributed by atoms with E-state index in [4.69, 9.17) is 67.5 Å². The summed E-state index contributed by atoms with van der Waals surface area (Å²) in [6, 6.07) is 33.7. The summed E-state index contributed by atoms with van der Waals surface area (Å²) in [4.78, 5) is 38.4. The second kappa shape index (κ2) is 25.1. The number of H-pyrrole nitrogens is 1. The highest BCUT2D eigenvalue weighted by atomic mass is 35.5. The van der Waals surface area contributed by atoms with Gasteiger partial charge in [-0.15, -0.1) is 0 Å². The number of aromatic nitrogens is 3. The lowest BCUT2D eigenvalue weighted by Gasteiger charge is -2.15. The number of aromatic carboxylic acids is 1. The van der Waals surface area contributed by atoms with Gasteiger partial charge in [0.05, 0.1) is 13.2 Å². The molecule has 9 nitrogen and oxygen atoms in total. The van der Waals surface area contributed by atoms with Gasteiger partial charge >= 0.3 is 36.4 Å². The third-order valence-corrected chi connectivity index (χ3v) is 12.2. The molecule has 0 atom stereocenters. The van der Waals surface area contributed by atoms with E-state index in [1.165, 1.54) is 54.6 Å². The van der Waals surface area contributed by atoms with E-state index in [1.807, 2.05) is 0 Å². The predicted octanol–water partition coefficient (Wildman–Crippen LogP) is 17.5. The zero-order valence-electron chi connectivity index (χ0n) is 39.8. The normalized spacial score (nSPS) is 11.5. The maximum Gasteiger partial charge on any atom is 0.431 e. The lowest BCUT2D eigenvalue weighted by molar-refractivity contribution is -0.144. The van der Waals surface area contributed by atoms with Gasteiger partial charge < -0.3 is 28.7 Å². The van der Waals surface area contributed by atoms with Gasteiger partial charge in [0.1, 0.15) is 34.2 Å². The van der Waals surface area contributed by atoms with Crippen LogP contribution in [0.25, 0.3) is 33.4 Å². The third kappa shape index (κ3) is 15.2. The molecule has 5 aromatic carbocycles. The van der Waals surface area contributed by atoms with Gasteiger partial charge in [-0.2, -0.15) is 39.5 Å². The van der Waals surface area contributed by atoms with Crippen LogP contribution in [0.15, 0.2) is 140 Å². The zero-order valence-corrected chi connectivity index (χ0v) is 43.6. The molecule has 0 aliphatic rings. The summed E-state index contributed by atoms with van der Waals surface area (Å²) < 4.78 is 132. The van der Waals surface area contributed by atoms with E-state index >= 15 is 0 Å². The monoisotopic (exact) mass is 1170 g/mol. The fraction of sp³-hybridized carbons (Fsp3) is 0.167. The first-order valence-electron chi connectivity index (χ1n) is 22.5. The molecule has 8 aromatic rings.